The highest BCUT2D eigenvalue weighted by atomic mass is 16.4. The fraction of sp³-hybridized carbons (Fsp3) is 0.350. The molecule has 120 valence electrons. The Hall–Kier alpha value is -2.13. The van der Waals surface area contributed by atoms with E-state index >= 15 is 0 Å². The highest BCUT2D eigenvalue weighted by Crippen LogP contribution is 2.39. The molecule has 0 amide bonds. The van der Waals surface area contributed by atoms with Crippen LogP contribution in [0.1, 0.15) is 43.5 Å². The fourth-order valence-electron chi connectivity index (χ4n) is 3.66. The van der Waals surface area contributed by atoms with Gasteiger partial charge in [-0.3, -0.25) is 0 Å². The summed E-state index contributed by atoms with van der Waals surface area (Å²) in [5.41, 5.74) is 3.37. The lowest BCUT2D eigenvalue weighted by molar-refractivity contribution is 0.263. The minimum Gasteiger partial charge on any atom is -0.411 e. The van der Waals surface area contributed by atoms with Crippen LogP contribution in [0.2, 0.25) is 0 Å². The summed E-state index contributed by atoms with van der Waals surface area (Å²) in [7, 11) is 0. The molecule has 0 aliphatic carbocycles. The lowest BCUT2D eigenvalue weighted by atomic mass is 9.75. The van der Waals surface area contributed by atoms with E-state index in [1.165, 1.54) is 11.1 Å². The molecule has 1 aliphatic heterocycles. The van der Waals surface area contributed by atoms with Gasteiger partial charge in [-0.05, 0) is 17.0 Å². The third kappa shape index (κ3) is 3.30. The average Bonchev–Trinajstić information content (AvgIpc) is 2.62. The Balaban J connectivity index is 1.98. The zero-order valence-corrected chi connectivity index (χ0v) is 13.7. The van der Waals surface area contributed by atoms with E-state index in [1.54, 1.807) is 0 Å². The first-order valence-corrected chi connectivity index (χ1v) is 8.27. The van der Waals surface area contributed by atoms with Crippen molar-refractivity contribution in [2.24, 2.45) is 17.0 Å². The van der Waals surface area contributed by atoms with Crippen LogP contribution in [-0.4, -0.2) is 10.9 Å². The van der Waals surface area contributed by atoms with Crippen LogP contribution in [0.4, 0.5) is 0 Å². The van der Waals surface area contributed by atoms with Crippen molar-refractivity contribution in [3.05, 3.63) is 71.8 Å². The van der Waals surface area contributed by atoms with E-state index in [4.69, 9.17) is 0 Å². The average molecular weight is 308 g/mol. The Morgan fingerprint density at radius 2 is 1.52 bits per heavy atom. The molecule has 0 bridgehead atoms. The van der Waals surface area contributed by atoms with Gasteiger partial charge in [-0.1, -0.05) is 79.7 Å². The molecule has 1 saturated heterocycles. The molecule has 3 heteroatoms. The van der Waals surface area contributed by atoms with Crippen LogP contribution in [0, 0.1) is 11.8 Å². The Labute approximate surface area is 138 Å². The van der Waals surface area contributed by atoms with Gasteiger partial charge < -0.3 is 10.5 Å². The largest absolute Gasteiger partial charge is 0.411 e. The predicted molar refractivity (Wildman–Crippen MR) is 93.7 cm³/mol. The predicted octanol–water partition coefficient (Wildman–Crippen LogP) is 4.56. The molecule has 0 unspecified atom stereocenters. The maximum atomic E-state index is 9.60. The van der Waals surface area contributed by atoms with E-state index in [0.717, 1.165) is 12.1 Å². The zero-order valence-electron chi connectivity index (χ0n) is 13.7. The number of nitrogens with zero attached hydrogens (tertiary/aromatic N) is 1. The standard InChI is InChI=1S/C20H24N2O/c1-14(2)19-18(22-23)13-17(15-9-5-3-6-10-15)21-20(19)16-11-7-4-8-12-16/h3-12,14,17,19-21,23H,13H2,1-2H3/b22-18-/t17-,19+,20-/m1/s1. The van der Waals surface area contributed by atoms with E-state index in [9.17, 15) is 5.21 Å². The number of hydrogen-bond donors (Lipinski definition) is 2. The van der Waals surface area contributed by atoms with E-state index in [0.29, 0.717) is 5.92 Å². The van der Waals surface area contributed by atoms with Crippen molar-refractivity contribution < 1.29 is 5.21 Å². The summed E-state index contributed by atoms with van der Waals surface area (Å²) in [5, 5.41) is 17.1. The van der Waals surface area contributed by atoms with Gasteiger partial charge in [-0.25, -0.2) is 0 Å². The van der Waals surface area contributed by atoms with Gasteiger partial charge in [0.25, 0.3) is 0 Å². The van der Waals surface area contributed by atoms with E-state index in [-0.39, 0.29) is 18.0 Å². The zero-order chi connectivity index (χ0) is 16.2. The molecule has 1 fully saturated rings. The van der Waals surface area contributed by atoms with Crippen molar-refractivity contribution in [2.45, 2.75) is 32.4 Å². The minimum atomic E-state index is 0.154. The molecule has 3 atom stereocenters. The molecule has 1 heterocycles. The normalized spacial score (nSPS) is 26.6. The van der Waals surface area contributed by atoms with Crippen LogP contribution in [0.5, 0.6) is 0 Å². The molecule has 23 heavy (non-hydrogen) atoms. The number of benzene rings is 2. The molecule has 3 rings (SSSR count). The van der Waals surface area contributed by atoms with Crippen LogP contribution in [-0.2, 0) is 0 Å². The van der Waals surface area contributed by atoms with E-state index in [1.807, 2.05) is 12.1 Å². The first kappa shape index (κ1) is 15.8. The molecular formula is C20H24N2O. The van der Waals surface area contributed by atoms with Crippen molar-refractivity contribution >= 4 is 5.71 Å². The Bertz CT molecular complexity index is 652. The molecule has 0 saturated carbocycles. The Morgan fingerprint density at radius 3 is 2.04 bits per heavy atom. The highest BCUT2D eigenvalue weighted by molar-refractivity contribution is 5.89. The van der Waals surface area contributed by atoms with Crippen LogP contribution in [0.3, 0.4) is 0 Å². The first-order valence-electron chi connectivity index (χ1n) is 8.27. The second kappa shape index (κ2) is 6.97. The Morgan fingerprint density at radius 1 is 0.957 bits per heavy atom. The van der Waals surface area contributed by atoms with Gasteiger partial charge in [-0.15, -0.1) is 0 Å². The molecule has 0 radical (unpaired) electrons. The second-order valence-corrected chi connectivity index (χ2v) is 6.58. The summed E-state index contributed by atoms with van der Waals surface area (Å²) in [6.45, 7) is 4.38. The van der Waals surface area contributed by atoms with Crippen molar-refractivity contribution in [3.8, 4) is 0 Å². The summed E-state index contributed by atoms with van der Waals surface area (Å²) < 4.78 is 0. The highest BCUT2D eigenvalue weighted by Gasteiger charge is 2.38. The van der Waals surface area contributed by atoms with Crippen molar-refractivity contribution in [1.29, 1.82) is 0 Å². The molecule has 1 aliphatic rings. The van der Waals surface area contributed by atoms with Gasteiger partial charge in [0.2, 0.25) is 0 Å². The van der Waals surface area contributed by atoms with Gasteiger partial charge in [-0.2, -0.15) is 0 Å². The van der Waals surface area contributed by atoms with Crippen LogP contribution in [0.25, 0.3) is 0 Å². The van der Waals surface area contributed by atoms with Gasteiger partial charge in [0.05, 0.1) is 5.71 Å². The summed E-state index contributed by atoms with van der Waals surface area (Å²) >= 11 is 0. The minimum absolute atomic E-state index is 0.154. The van der Waals surface area contributed by atoms with Crippen molar-refractivity contribution in [3.63, 3.8) is 0 Å². The molecule has 0 aromatic heterocycles. The third-order valence-corrected chi connectivity index (χ3v) is 4.75. The van der Waals surface area contributed by atoms with Gasteiger partial charge in [0, 0.05) is 24.4 Å². The van der Waals surface area contributed by atoms with Crippen LogP contribution < -0.4 is 5.32 Å². The summed E-state index contributed by atoms with van der Waals surface area (Å²) in [6.07, 6.45) is 0.743. The van der Waals surface area contributed by atoms with Crippen molar-refractivity contribution in [2.75, 3.05) is 0 Å². The van der Waals surface area contributed by atoms with Gasteiger partial charge >= 0.3 is 0 Å². The number of piperidine rings is 1. The van der Waals surface area contributed by atoms with E-state index in [2.05, 4.69) is 72.9 Å². The van der Waals surface area contributed by atoms with Gasteiger partial charge in [0.15, 0.2) is 0 Å². The monoisotopic (exact) mass is 308 g/mol. The fourth-order valence-corrected chi connectivity index (χ4v) is 3.66. The maximum Gasteiger partial charge on any atom is 0.0642 e. The summed E-state index contributed by atoms with van der Waals surface area (Å²) in [6, 6.07) is 21.2. The molecule has 0 spiro atoms. The second-order valence-electron chi connectivity index (χ2n) is 6.58. The SMILES string of the molecule is CC(C)[C@H]1/C(=N\O)C[C@H](c2ccccc2)N[C@@H]1c1ccccc1. The number of nitrogens with one attached hydrogen (secondary N) is 1. The Kier molecular flexibility index (Phi) is 4.77. The number of oxime groups is 1. The number of rotatable bonds is 3. The summed E-state index contributed by atoms with van der Waals surface area (Å²) in [4.78, 5) is 0. The van der Waals surface area contributed by atoms with Crippen LogP contribution in [0.15, 0.2) is 65.8 Å². The molecule has 2 aromatic carbocycles. The summed E-state index contributed by atoms with van der Waals surface area (Å²) in [5.74, 6) is 0.595. The smallest absolute Gasteiger partial charge is 0.0642 e. The molecule has 3 nitrogen and oxygen atoms in total. The van der Waals surface area contributed by atoms with Crippen molar-refractivity contribution in [1.82, 2.24) is 5.32 Å². The molecular weight excluding hydrogens is 284 g/mol. The number of hydrogen-bond acceptors (Lipinski definition) is 3. The molecule has 2 N–H and O–H groups in total. The lowest BCUT2D eigenvalue weighted by Gasteiger charge is -2.40. The topological polar surface area (TPSA) is 44.6 Å². The third-order valence-electron chi connectivity index (χ3n) is 4.75. The maximum absolute atomic E-state index is 9.60. The lowest BCUT2D eigenvalue weighted by Crippen LogP contribution is -2.44. The first-order chi connectivity index (χ1) is 11.2. The van der Waals surface area contributed by atoms with E-state index < -0.39 is 0 Å². The quantitative estimate of drug-likeness (QED) is 0.644. The van der Waals surface area contributed by atoms with Crippen LogP contribution >= 0.6 is 0 Å². The van der Waals surface area contributed by atoms with Gasteiger partial charge in [0.1, 0.15) is 0 Å². The molecule has 2 aromatic rings.